The molecule has 0 saturated carbocycles. The zero-order valence-electron chi connectivity index (χ0n) is 4.82. The van der Waals surface area contributed by atoms with E-state index >= 15 is 0 Å². The van der Waals surface area contributed by atoms with Gasteiger partial charge in [-0.05, 0) is 6.92 Å². The van der Waals surface area contributed by atoms with Gasteiger partial charge in [-0.3, -0.25) is 0 Å². The van der Waals surface area contributed by atoms with Crippen LogP contribution in [0.2, 0.25) is 0 Å². The standard InChI is InChI=1S/C5H8O.K/c1-4(2)5(3)6;/h6H,1,3H2,2H3;/q;+1/p-1. The molecule has 0 aromatic rings. The predicted octanol–water partition coefficient (Wildman–Crippen LogP) is -2.56. The molecule has 0 spiro atoms. The van der Waals surface area contributed by atoms with Crippen molar-refractivity contribution in [1.29, 1.82) is 0 Å². The van der Waals surface area contributed by atoms with Crippen LogP contribution in [0.3, 0.4) is 0 Å². The van der Waals surface area contributed by atoms with Crippen molar-refractivity contribution in [2.75, 3.05) is 0 Å². The molecule has 0 amide bonds. The second kappa shape index (κ2) is 5.06. The zero-order chi connectivity index (χ0) is 5.15. The predicted molar refractivity (Wildman–Crippen MR) is 24.0 cm³/mol. The first-order chi connectivity index (χ1) is 2.64. The van der Waals surface area contributed by atoms with Gasteiger partial charge in [0.25, 0.3) is 0 Å². The van der Waals surface area contributed by atoms with E-state index < -0.39 is 0 Å². The smallest absolute Gasteiger partial charge is 0.873 e. The SMILES string of the molecule is C=C(C)C(=C)[O-].[K+]. The van der Waals surface area contributed by atoms with E-state index in [0.29, 0.717) is 5.57 Å². The van der Waals surface area contributed by atoms with E-state index in [1.54, 1.807) is 6.92 Å². The first kappa shape index (κ1) is 10.8. The van der Waals surface area contributed by atoms with E-state index in [1.807, 2.05) is 0 Å². The average Bonchev–Trinajstić information content (AvgIpc) is 1.36. The van der Waals surface area contributed by atoms with Crippen molar-refractivity contribution in [3.63, 3.8) is 0 Å². The second-order valence-electron chi connectivity index (χ2n) is 1.20. The molecule has 0 unspecified atom stereocenters. The van der Waals surface area contributed by atoms with Crippen LogP contribution in [0.25, 0.3) is 0 Å². The summed E-state index contributed by atoms with van der Waals surface area (Å²) in [5.41, 5.74) is 0.509. The molecule has 0 atom stereocenters. The minimum absolute atomic E-state index is 0. The van der Waals surface area contributed by atoms with Crippen molar-refractivity contribution >= 4 is 0 Å². The van der Waals surface area contributed by atoms with Crippen LogP contribution in [-0.2, 0) is 0 Å². The summed E-state index contributed by atoms with van der Waals surface area (Å²) in [6.45, 7) is 8.08. The molecule has 0 aliphatic carbocycles. The molecule has 2 heteroatoms. The van der Waals surface area contributed by atoms with Crippen molar-refractivity contribution in [1.82, 2.24) is 0 Å². The Morgan fingerprint density at radius 2 is 1.57 bits per heavy atom. The van der Waals surface area contributed by atoms with Gasteiger partial charge in [-0.25, -0.2) is 0 Å². The van der Waals surface area contributed by atoms with Crippen LogP contribution in [-0.4, -0.2) is 0 Å². The molecular weight excluding hydrogens is 115 g/mol. The van der Waals surface area contributed by atoms with Gasteiger partial charge < -0.3 is 5.11 Å². The molecule has 34 valence electrons. The molecule has 0 aliphatic heterocycles. The molecule has 0 saturated heterocycles. The third-order valence-electron chi connectivity index (χ3n) is 0.476. The second-order valence-corrected chi connectivity index (χ2v) is 1.20. The fraction of sp³-hybridized carbons (Fsp3) is 0.200. The Kier molecular flexibility index (Phi) is 7.82. The molecule has 0 aromatic carbocycles. The summed E-state index contributed by atoms with van der Waals surface area (Å²) in [6.07, 6.45) is 0. The Bertz CT molecular complexity index is 74.1. The minimum Gasteiger partial charge on any atom is -0.873 e. The first-order valence-electron chi connectivity index (χ1n) is 1.66. The minimum atomic E-state index is -0.185. The molecule has 7 heavy (non-hydrogen) atoms. The van der Waals surface area contributed by atoms with E-state index in [2.05, 4.69) is 13.2 Å². The van der Waals surface area contributed by atoms with Gasteiger partial charge in [0.15, 0.2) is 0 Å². The molecule has 0 aliphatic rings. The van der Waals surface area contributed by atoms with E-state index in [0.717, 1.165) is 0 Å². The molecule has 1 nitrogen and oxygen atoms in total. The van der Waals surface area contributed by atoms with Crippen LogP contribution < -0.4 is 56.5 Å². The van der Waals surface area contributed by atoms with Crippen molar-refractivity contribution in [3.8, 4) is 0 Å². The van der Waals surface area contributed by atoms with Gasteiger partial charge in [-0.2, -0.15) is 0 Å². The summed E-state index contributed by atoms with van der Waals surface area (Å²) >= 11 is 0. The van der Waals surface area contributed by atoms with Crippen LogP contribution in [0.15, 0.2) is 24.5 Å². The van der Waals surface area contributed by atoms with Crippen LogP contribution in [0, 0.1) is 0 Å². The molecule has 0 N–H and O–H groups in total. The van der Waals surface area contributed by atoms with E-state index in [1.165, 1.54) is 0 Å². The summed E-state index contributed by atoms with van der Waals surface area (Å²) in [6, 6.07) is 0. The van der Waals surface area contributed by atoms with Crippen LogP contribution in [0.5, 0.6) is 0 Å². The summed E-state index contributed by atoms with van der Waals surface area (Å²) in [4.78, 5) is 0. The topological polar surface area (TPSA) is 23.1 Å². The van der Waals surface area contributed by atoms with E-state index in [-0.39, 0.29) is 57.1 Å². The zero-order valence-corrected chi connectivity index (χ0v) is 7.95. The van der Waals surface area contributed by atoms with Crippen LogP contribution >= 0.6 is 0 Å². The van der Waals surface area contributed by atoms with Gasteiger partial charge in [0.2, 0.25) is 0 Å². The van der Waals surface area contributed by atoms with Gasteiger partial charge in [0.1, 0.15) is 0 Å². The van der Waals surface area contributed by atoms with E-state index in [9.17, 15) is 5.11 Å². The average molecular weight is 122 g/mol. The third-order valence-corrected chi connectivity index (χ3v) is 0.476. The Morgan fingerprint density at radius 3 is 1.57 bits per heavy atom. The Morgan fingerprint density at radius 1 is 1.43 bits per heavy atom. The summed E-state index contributed by atoms with van der Waals surface area (Å²) in [5, 5.41) is 9.93. The fourth-order valence-corrected chi connectivity index (χ4v) is 0. The van der Waals surface area contributed by atoms with Gasteiger partial charge >= 0.3 is 51.4 Å². The van der Waals surface area contributed by atoms with Crippen molar-refractivity contribution in [2.24, 2.45) is 0 Å². The van der Waals surface area contributed by atoms with E-state index in [4.69, 9.17) is 0 Å². The first-order valence-corrected chi connectivity index (χ1v) is 1.66. The summed E-state index contributed by atoms with van der Waals surface area (Å²) < 4.78 is 0. The van der Waals surface area contributed by atoms with Gasteiger partial charge in [0.05, 0.1) is 0 Å². The molecule has 0 aromatic heterocycles. The quantitative estimate of drug-likeness (QED) is 0.213. The largest absolute Gasteiger partial charge is 1.00 e. The molecule has 0 radical (unpaired) electrons. The number of rotatable bonds is 1. The Hall–Kier alpha value is 0.916. The number of allylic oxidation sites excluding steroid dienone is 1. The maximum absolute atomic E-state index is 9.93. The van der Waals surface area contributed by atoms with Gasteiger partial charge in [-0.1, -0.05) is 12.2 Å². The van der Waals surface area contributed by atoms with Gasteiger partial charge in [-0.15, -0.1) is 12.3 Å². The third kappa shape index (κ3) is 6.92. The number of hydrogen-bond donors (Lipinski definition) is 0. The van der Waals surface area contributed by atoms with Crippen molar-refractivity contribution in [2.45, 2.75) is 6.92 Å². The van der Waals surface area contributed by atoms with Crippen LogP contribution in [0.1, 0.15) is 6.92 Å². The normalized spacial score (nSPS) is 6.43. The number of hydrogen-bond acceptors (Lipinski definition) is 1. The molecule has 0 bridgehead atoms. The Balaban J connectivity index is 0. The Labute approximate surface area is 86.5 Å². The summed E-state index contributed by atoms with van der Waals surface area (Å²) in [5.74, 6) is -0.185. The molecule has 0 rings (SSSR count). The molecule has 0 heterocycles. The molecule has 0 fully saturated rings. The van der Waals surface area contributed by atoms with Gasteiger partial charge in [0, 0.05) is 0 Å². The van der Waals surface area contributed by atoms with Crippen molar-refractivity contribution < 1.29 is 56.5 Å². The van der Waals surface area contributed by atoms with Crippen LogP contribution in [0.4, 0.5) is 0 Å². The maximum atomic E-state index is 9.93. The monoisotopic (exact) mass is 122 g/mol. The fourth-order valence-electron chi connectivity index (χ4n) is 0. The van der Waals surface area contributed by atoms with Crippen molar-refractivity contribution in [3.05, 3.63) is 24.5 Å². The maximum Gasteiger partial charge on any atom is 1.00 e. The summed E-state index contributed by atoms with van der Waals surface area (Å²) in [7, 11) is 0. The molecular formula is C5H7KO.